The first-order valence-corrected chi connectivity index (χ1v) is 4.20. The van der Waals surface area contributed by atoms with Crippen molar-refractivity contribution in [3.8, 4) is 6.07 Å². The second kappa shape index (κ2) is 2.74. The van der Waals surface area contributed by atoms with E-state index in [2.05, 4.69) is 6.07 Å². The van der Waals surface area contributed by atoms with E-state index in [4.69, 9.17) is 5.26 Å². The largest absolute Gasteiger partial charge is 0.328 e. The maximum absolute atomic E-state index is 11.5. The highest BCUT2D eigenvalue weighted by Crippen LogP contribution is 2.12. The van der Waals surface area contributed by atoms with Crippen LogP contribution in [0.5, 0.6) is 0 Å². The second-order valence-electron chi connectivity index (χ2n) is 3.22. The minimum atomic E-state index is -0.0740. The normalized spacial score (nSPS) is 10.4. The van der Waals surface area contributed by atoms with E-state index in [0.29, 0.717) is 5.56 Å². The van der Waals surface area contributed by atoms with Crippen LogP contribution in [0, 0.1) is 11.3 Å². The fraction of sp³-hybridized carbons (Fsp3) is 0.200. The molecule has 0 aliphatic carbocycles. The van der Waals surface area contributed by atoms with Gasteiger partial charge in [-0.2, -0.15) is 5.26 Å². The van der Waals surface area contributed by atoms with Gasteiger partial charge in [0.15, 0.2) is 0 Å². The summed E-state index contributed by atoms with van der Waals surface area (Å²) in [6, 6.07) is 7.27. The van der Waals surface area contributed by atoms with Gasteiger partial charge in [0.2, 0.25) is 0 Å². The molecule has 0 unspecified atom stereocenters. The number of benzene rings is 1. The average molecular weight is 187 g/mol. The molecule has 0 radical (unpaired) electrons. The van der Waals surface area contributed by atoms with E-state index < -0.39 is 0 Å². The average Bonchev–Trinajstić information content (AvgIpc) is 2.44. The van der Waals surface area contributed by atoms with Crippen molar-refractivity contribution in [1.29, 1.82) is 5.26 Å². The Balaban J connectivity index is 2.98. The Kier molecular flexibility index (Phi) is 1.68. The van der Waals surface area contributed by atoms with Gasteiger partial charge in [-0.25, -0.2) is 4.79 Å². The molecular weight excluding hydrogens is 178 g/mol. The van der Waals surface area contributed by atoms with Crippen molar-refractivity contribution in [2.75, 3.05) is 0 Å². The van der Waals surface area contributed by atoms with E-state index in [9.17, 15) is 4.79 Å². The summed E-state index contributed by atoms with van der Waals surface area (Å²) in [5, 5.41) is 8.72. The van der Waals surface area contributed by atoms with Crippen molar-refractivity contribution in [3.05, 3.63) is 34.2 Å². The highest BCUT2D eigenvalue weighted by molar-refractivity contribution is 5.77. The quantitative estimate of drug-likeness (QED) is 0.611. The number of nitrogens with zero attached hydrogens (tertiary/aromatic N) is 3. The molecule has 14 heavy (non-hydrogen) atoms. The van der Waals surface area contributed by atoms with Crippen molar-refractivity contribution in [2.45, 2.75) is 0 Å². The smallest absolute Gasteiger partial charge is 0.295 e. The maximum Gasteiger partial charge on any atom is 0.328 e. The Morgan fingerprint density at radius 3 is 2.50 bits per heavy atom. The van der Waals surface area contributed by atoms with Gasteiger partial charge < -0.3 is 0 Å². The standard InChI is InChI=1S/C10H9N3O/c1-12-8-4-3-7(6-11)5-9(8)13(2)10(12)14/h3-5H,1-2H3. The lowest BCUT2D eigenvalue weighted by atomic mass is 10.2. The summed E-state index contributed by atoms with van der Waals surface area (Å²) in [6.07, 6.45) is 0. The van der Waals surface area contributed by atoms with E-state index in [1.807, 2.05) is 0 Å². The zero-order chi connectivity index (χ0) is 10.3. The number of hydrogen-bond acceptors (Lipinski definition) is 2. The molecule has 0 aliphatic heterocycles. The van der Waals surface area contributed by atoms with Crippen molar-refractivity contribution < 1.29 is 0 Å². The molecule has 4 nitrogen and oxygen atoms in total. The zero-order valence-corrected chi connectivity index (χ0v) is 7.98. The monoisotopic (exact) mass is 187 g/mol. The van der Waals surface area contributed by atoms with E-state index in [1.54, 1.807) is 36.9 Å². The first kappa shape index (κ1) is 8.57. The molecule has 70 valence electrons. The summed E-state index contributed by atoms with van der Waals surface area (Å²) in [7, 11) is 3.42. The molecule has 0 atom stereocenters. The number of aryl methyl sites for hydroxylation is 2. The molecule has 0 spiro atoms. The van der Waals surface area contributed by atoms with E-state index in [0.717, 1.165) is 11.0 Å². The minimum absolute atomic E-state index is 0.0740. The van der Waals surface area contributed by atoms with Crippen LogP contribution in [0.15, 0.2) is 23.0 Å². The van der Waals surface area contributed by atoms with Gasteiger partial charge in [-0.05, 0) is 18.2 Å². The zero-order valence-electron chi connectivity index (χ0n) is 7.98. The second-order valence-corrected chi connectivity index (χ2v) is 3.22. The van der Waals surface area contributed by atoms with Gasteiger partial charge in [0.25, 0.3) is 0 Å². The van der Waals surface area contributed by atoms with Crippen LogP contribution in [0.2, 0.25) is 0 Å². The van der Waals surface area contributed by atoms with Crippen molar-refractivity contribution in [1.82, 2.24) is 9.13 Å². The minimum Gasteiger partial charge on any atom is -0.295 e. The molecule has 1 aromatic carbocycles. The maximum atomic E-state index is 11.5. The third-order valence-corrected chi connectivity index (χ3v) is 2.40. The highest BCUT2D eigenvalue weighted by Gasteiger charge is 2.07. The fourth-order valence-electron chi connectivity index (χ4n) is 1.58. The Morgan fingerprint density at radius 1 is 1.21 bits per heavy atom. The van der Waals surface area contributed by atoms with Crippen LogP contribution in [0.1, 0.15) is 5.56 Å². The molecule has 2 rings (SSSR count). The van der Waals surface area contributed by atoms with E-state index in [1.165, 1.54) is 4.57 Å². The van der Waals surface area contributed by atoms with Crippen LogP contribution >= 0.6 is 0 Å². The molecule has 0 aliphatic rings. The van der Waals surface area contributed by atoms with Crippen molar-refractivity contribution >= 4 is 11.0 Å². The van der Waals surface area contributed by atoms with Gasteiger partial charge in [-0.1, -0.05) is 0 Å². The predicted molar refractivity (Wildman–Crippen MR) is 52.9 cm³/mol. The number of rotatable bonds is 0. The van der Waals surface area contributed by atoms with Gasteiger partial charge in [-0.15, -0.1) is 0 Å². The summed E-state index contributed by atoms with van der Waals surface area (Å²) in [6.45, 7) is 0. The van der Waals surface area contributed by atoms with Crippen LogP contribution in [-0.2, 0) is 14.1 Å². The van der Waals surface area contributed by atoms with Crippen LogP contribution < -0.4 is 5.69 Å². The number of aromatic nitrogens is 2. The molecule has 0 fully saturated rings. The third kappa shape index (κ3) is 0.958. The summed E-state index contributed by atoms with van der Waals surface area (Å²) in [4.78, 5) is 11.5. The fourth-order valence-corrected chi connectivity index (χ4v) is 1.58. The first-order valence-electron chi connectivity index (χ1n) is 4.20. The molecule has 0 amide bonds. The molecule has 0 saturated carbocycles. The lowest BCUT2D eigenvalue weighted by Crippen LogP contribution is -2.19. The molecule has 4 heteroatoms. The van der Waals surface area contributed by atoms with Crippen molar-refractivity contribution in [2.24, 2.45) is 14.1 Å². The van der Waals surface area contributed by atoms with Gasteiger partial charge in [0.05, 0.1) is 22.7 Å². The summed E-state index contributed by atoms with van der Waals surface area (Å²) < 4.78 is 3.10. The number of imidazole rings is 1. The van der Waals surface area contributed by atoms with Crippen molar-refractivity contribution in [3.63, 3.8) is 0 Å². The molecule has 1 heterocycles. The number of nitriles is 1. The molecule has 0 N–H and O–H groups in total. The molecule has 1 aromatic heterocycles. The van der Waals surface area contributed by atoms with Gasteiger partial charge >= 0.3 is 5.69 Å². The molecule has 0 saturated heterocycles. The summed E-state index contributed by atoms with van der Waals surface area (Å²) in [5.74, 6) is 0. The third-order valence-electron chi connectivity index (χ3n) is 2.40. The predicted octanol–water partition coefficient (Wildman–Crippen LogP) is 0.749. The van der Waals surface area contributed by atoms with Gasteiger partial charge in [0.1, 0.15) is 0 Å². The highest BCUT2D eigenvalue weighted by atomic mass is 16.1. The van der Waals surface area contributed by atoms with Crippen LogP contribution in [0.4, 0.5) is 0 Å². The van der Waals surface area contributed by atoms with Crippen LogP contribution in [-0.4, -0.2) is 9.13 Å². The van der Waals surface area contributed by atoms with Gasteiger partial charge in [-0.3, -0.25) is 9.13 Å². The lowest BCUT2D eigenvalue weighted by Gasteiger charge is -1.94. The Bertz CT molecular complexity index is 598. The Morgan fingerprint density at radius 2 is 1.86 bits per heavy atom. The number of hydrogen-bond donors (Lipinski definition) is 0. The summed E-state index contributed by atoms with van der Waals surface area (Å²) >= 11 is 0. The molecular formula is C10H9N3O. The van der Waals surface area contributed by atoms with E-state index in [-0.39, 0.29) is 5.69 Å². The summed E-state index contributed by atoms with van der Waals surface area (Å²) in [5.41, 5.74) is 2.13. The Labute approximate surface area is 80.6 Å². The Hall–Kier alpha value is -2.02. The first-order chi connectivity index (χ1) is 6.65. The molecule has 0 bridgehead atoms. The van der Waals surface area contributed by atoms with Crippen LogP contribution in [0.3, 0.4) is 0 Å². The van der Waals surface area contributed by atoms with E-state index >= 15 is 0 Å². The lowest BCUT2D eigenvalue weighted by molar-refractivity contribution is 0.795. The van der Waals surface area contributed by atoms with Gasteiger partial charge in [0, 0.05) is 14.1 Å². The molecule has 2 aromatic rings. The number of fused-ring (bicyclic) bond motifs is 1. The SMILES string of the molecule is Cn1c(=O)n(C)c2cc(C#N)ccc21. The van der Waals surface area contributed by atoms with Crippen LogP contribution in [0.25, 0.3) is 11.0 Å². The topological polar surface area (TPSA) is 50.7 Å².